The van der Waals surface area contributed by atoms with Crippen LogP contribution in [0.15, 0.2) is 47.1 Å². The fourth-order valence-electron chi connectivity index (χ4n) is 3.01. The van der Waals surface area contributed by atoms with Crippen molar-refractivity contribution >= 4 is 22.6 Å². The molecular weight excluding hydrogens is 362 g/mol. The first-order chi connectivity index (χ1) is 13.6. The number of methoxy groups -OCH3 is 1. The minimum atomic E-state index is -0.529. The molecule has 28 heavy (non-hydrogen) atoms. The summed E-state index contributed by atoms with van der Waals surface area (Å²) in [7, 11) is 1.62. The Morgan fingerprint density at radius 1 is 1.25 bits per heavy atom. The highest BCUT2D eigenvalue weighted by atomic mass is 16.5. The number of ether oxygens (including phenoxy) is 2. The van der Waals surface area contributed by atoms with Crippen LogP contribution in [0.25, 0.3) is 10.8 Å². The number of nitrogens with one attached hydrogen (secondary N) is 2. The van der Waals surface area contributed by atoms with Gasteiger partial charge in [-0.25, -0.2) is 4.98 Å². The number of carbonyl (C=O) groups is 2. The normalized spacial score (nSPS) is 16.0. The van der Waals surface area contributed by atoms with Crippen molar-refractivity contribution in [2.75, 3.05) is 13.7 Å². The van der Waals surface area contributed by atoms with E-state index in [9.17, 15) is 9.59 Å². The minimum absolute atomic E-state index is 0.0761. The van der Waals surface area contributed by atoms with Gasteiger partial charge in [0, 0.05) is 6.54 Å². The van der Waals surface area contributed by atoms with Gasteiger partial charge in [-0.2, -0.15) is 0 Å². The highest BCUT2D eigenvalue weighted by Crippen LogP contribution is 2.25. The van der Waals surface area contributed by atoms with Gasteiger partial charge in [0.15, 0.2) is 12.3 Å². The predicted octanol–water partition coefficient (Wildman–Crippen LogP) is 2.03. The SMILES string of the molecule is COc1ccc2ccc(OCc3nc(C(=O)N[C@@H]4CCNC4=O)co3)cc2c1. The van der Waals surface area contributed by atoms with Crippen LogP contribution in [-0.4, -0.2) is 36.5 Å². The lowest BCUT2D eigenvalue weighted by atomic mass is 10.1. The molecule has 2 amide bonds. The van der Waals surface area contributed by atoms with Crippen LogP contribution in [0, 0.1) is 0 Å². The van der Waals surface area contributed by atoms with Gasteiger partial charge in [0.05, 0.1) is 7.11 Å². The van der Waals surface area contributed by atoms with E-state index in [1.165, 1.54) is 6.26 Å². The maximum Gasteiger partial charge on any atom is 0.273 e. The van der Waals surface area contributed by atoms with E-state index in [-0.39, 0.29) is 24.1 Å². The monoisotopic (exact) mass is 381 g/mol. The lowest BCUT2D eigenvalue weighted by Gasteiger charge is -2.07. The summed E-state index contributed by atoms with van der Waals surface area (Å²) in [5, 5.41) is 7.36. The summed E-state index contributed by atoms with van der Waals surface area (Å²) in [4.78, 5) is 27.8. The summed E-state index contributed by atoms with van der Waals surface area (Å²) in [6.07, 6.45) is 1.82. The molecule has 3 aromatic rings. The number of hydrogen-bond donors (Lipinski definition) is 2. The first kappa shape index (κ1) is 17.8. The van der Waals surface area contributed by atoms with Crippen LogP contribution < -0.4 is 20.1 Å². The Morgan fingerprint density at radius 3 is 2.79 bits per heavy atom. The topological polar surface area (TPSA) is 103 Å². The molecular formula is C20H19N3O5. The number of amides is 2. The van der Waals surface area contributed by atoms with Crippen LogP contribution in [-0.2, 0) is 11.4 Å². The van der Waals surface area contributed by atoms with Crippen molar-refractivity contribution in [1.82, 2.24) is 15.6 Å². The Bertz CT molecular complexity index is 1030. The first-order valence-corrected chi connectivity index (χ1v) is 8.86. The van der Waals surface area contributed by atoms with E-state index < -0.39 is 11.9 Å². The molecule has 0 saturated carbocycles. The third-order valence-electron chi connectivity index (χ3n) is 4.52. The van der Waals surface area contributed by atoms with Gasteiger partial charge in [0.25, 0.3) is 5.91 Å². The maximum atomic E-state index is 12.2. The molecule has 4 rings (SSSR count). The number of nitrogens with zero attached hydrogens (tertiary/aromatic N) is 1. The van der Waals surface area contributed by atoms with Crippen molar-refractivity contribution in [3.8, 4) is 11.5 Å². The molecule has 2 aromatic carbocycles. The quantitative estimate of drug-likeness (QED) is 0.677. The molecule has 8 heteroatoms. The number of aromatic nitrogens is 1. The molecule has 1 atom stereocenters. The van der Waals surface area contributed by atoms with Crippen molar-refractivity contribution in [3.05, 3.63) is 54.2 Å². The van der Waals surface area contributed by atoms with Crippen LogP contribution in [0.2, 0.25) is 0 Å². The summed E-state index contributed by atoms with van der Waals surface area (Å²) < 4.78 is 16.3. The molecule has 0 bridgehead atoms. The average molecular weight is 381 g/mol. The van der Waals surface area contributed by atoms with Crippen molar-refractivity contribution in [2.45, 2.75) is 19.1 Å². The molecule has 2 heterocycles. The van der Waals surface area contributed by atoms with Crippen LogP contribution in [0.3, 0.4) is 0 Å². The van der Waals surface area contributed by atoms with Gasteiger partial charge >= 0.3 is 0 Å². The van der Waals surface area contributed by atoms with Crippen LogP contribution in [0.4, 0.5) is 0 Å². The Morgan fingerprint density at radius 2 is 2.04 bits per heavy atom. The van der Waals surface area contributed by atoms with Gasteiger partial charge in [-0.05, 0) is 41.5 Å². The Labute approximate surface area is 160 Å². The van der Waals surface area contributed by atoms with E-state index in [1.54, 1.807) is 7.11 Å². The zero-order valence-corrected chi connectivity index (χ0v) is 15.2. The van der Waals surface area contributed by atoms with E-state index in [0.29, 0.717) is 18.7 Å². The molecule has 2 N–H and O–H groups in total. The summed E-state index contributed by atoms with van der Waals surface area (Å²) in [5.41, 5.74) is 0.113. The molecule has 0 unspecified atom stereocenters. The zero-order valence-electron chi connectivity index (χ0n) is 15.2. The third kappa shape index (κ3) is 3.75. The van der Waals surface area contributed by atoms with E-state index in [1.807, 2.05) is 36.4 Å². The van der Waals surface area contributed by atoms with E-state index in [4.69, 9.17) is 13.9 Å². The van der Waals surface area contributed by atoms with E-state index in [0.717, 1.165) is 16.5 Å². The van der Waals surface area contributed by atoms with Crippen LogP contribution in [0.5, 0.6) is 11.5 Å². The zero-order chi connectivity index (χ0) is 19.5. The largest absolute Gasteiger partial charge is 0.497 e. The molecule has 1 aliphatic heterocycles. The number of oxazole rings is 1. The van der Waals surface area contributed by atoms with E-state index >= 15 is 0 Å². The third-order valence-corrected chi connectivity index (χ3v) is 4.52. The fraction of sp³-hybridized carbons (Fsp3) is 0.250. The van der Waals surface area contributed by atoms with Crippen molar-refractivity contribution in [1.29, 1.82) is 0 Å². The highest BCUT2D eigenvalue weighted by Gasteiger charge is 2.27. The summed E-state index contributed by atoms with van der Waals surface area (Å²) >= 11 is 0. The Kier molecular flexibility index (Phi) is 4.84. The Balaban J connectivity index is 1.39. The second kappa shape index (κ2) is 7.59. The van der Waals surface area contributed by atoms with Gasteiger partial charge in [-0.3, -0.25) is 9.59 Å². The molecule has 0 aliphatic carbocycles. The molecule has 0 spiro atoms. The number of carbonyl (C=O) groups excluding carboxylic acids is 2. The Hall–Kier alpha value is -3.55. The summed E-state index contributed by atoms with van der Waals surface area (Å²) in [6, 6.07) is 11.0. The number of hydrogen-bond acceptors (Lipinski definition) is 6. The molecule has 1 aliphatic rings. The smallest absolute Gasteiger partial charge is 0.273 e. The maximum absolute atomic E-state index is 12.2. The molecule has 1 aromatic heterocycles. The van der Waals surface area contributed by atoms with Crippen molar-refractivity contribution in [3.63, 3.8) is 0 Å². The van der Waals surface area contributed by atoms with Gasteiger partial charge in [-0.1, -0.05) is 12.1 Å². The lowest BCUT2D eigenvalue weighted by Crippen LogP contribution is -2.40. The number of fused-ring (bicyclic) bond motifs is 1. The highest BCUT2D eigenvalue weighted by molar-refractivity contribution is 5.96. The van der Waals surface area contributed by atoms with Gasteiger partial charge in [0.2, 0.25) is 11.8 Å². The number of rotatable bonds is 6. The second-order valence-corrected chi connectivity index (χ2v) is 6.40. The molecule has 1 saturated heterocycles. The predicted molar refractivity (Wildman–Crippen MR) is 100 cm³/mol. The van der Waals surface area contributed by atoms with Crippen LogP contribution >= 0.6 is 0 Å². The summed E-state index contributed by atoms with van der Waals surface area (Å²) in [6.45, 7) is 0.631. The van der Waals surface area contributed by atoms with E-state index in [2.05, 4.69) is 15.6 Å². The fourth-order valence-corrected chi connectivity index (χ4v) is 3.01. The first-order valence-electron chi connectivity index (χ1n) is 8.86. The van der Waals surface area contributed by atoms with Gasteiger partial charge < -0.3 is 24.5 Å². The van der Waals surface area contributed by atoms with Gasteiger partial charge in [-0.15, -0.1) is 0 Å². The molecule has 8 nitrogen and oxygen atoms in total. The molecule has 1 fully saturated rings. The minimum Gasteiger partial charge on any atom is -0.497 e. The lowest BCUT2D eigenvalue weighted by molar-refractivity contribution is -0.120. The molecule has 0 radical (unpaired) electrons. The van der Waals surface area contributed by atoms with Crippen molar-refractivity contribution < 1.29 is 23.5 Å². The van der Waals surface area contributed by atoms with Crippen LogP contribution in [0.1, 0.15) is 22.8 Å². The average Bonchev–Trinajstić information content (AvgIpc) is 3.35. The summed E-state index contributed by atoms with van der Waals surface area (Å²) in [5.74, 6) is 1.05. The second-order valence-electron chi connectivity index (χ2n) is 6.40. The van der Waals surface area contributed by atoms with Crippen molar-refractivity contribution in [2.24, 2.45) is 0 Å². The number of benzene rings is 2. The molecule has 144 valence electrons. The standard InChI is InChI=1S/C20H19N3O5/c1-26-14-4-2-12-3-5-15(9-13(12)8-14)27-11-18-22-17(10-28-18)20(25)23-16-6-7-21-19(16)24/h2-5,8-10,16H,6-7,11H2,1H3,(H,21,24)(H,23,25)/t16-/m1/s1. The van der Waals surface area contributed by atoms with Gasteiger partial charge in [0.1, 0.15) is 23.8 Å².